The molecule has 0 spiro atoms. The lowest BCUT2D eigenvalue weighted by Gasteiger charge is -2.09. The molecule has 0 bridgehead atoms. The van der Waals surface area contributed by atoms with Crippen molar-refractivity contribution in [3.8, 4) is 0 Å². The monoisotopic (exact) mass is 296 g/mol. The molecule has 1 aromatic carbocycles. The molecule has 0 radical (unpaired) electrons. The van der Waals surface area contributed by atoms with E-state index in [1.54, 1.807) is 24.3 Å². The van der Waals surface area contributed by atoms with E-state index in [-0.39, 0.29) is 22.8 Å². The lowest BCUT2D eigenvalue weighted by atomic mass is 10.0. The van der Waals surface area contributed by atoms with Gasteiger partial charge in [0, 0.05) is 17.7 Å². The topological polar surface area (TPSA) is 86.4 Å². The summed E-state index contributed by atoms with van der Waals surface area (Å²) >= 11 is 0. The molecule has 2 rings (SSSR count). The second-order valence-electron chi connectivity index (χ2n) is 4.68. The van der Waals surface area contributed by atoms with E-state index < -0.39 is 4.90 Å². The molecule has 0 aromatic heterocycles. The third-order valence-corrected chi connectivity index (χ3v) is 3.10. The summed E-state index contributed by atoms with van der Waals surface area (Å²) in [7, 11) is 0. The number of rotatable bonds is 3. The third kappa shape index (κ3) is 3.52. The minimum Gasteiger partial charge on any atom is -0.612 e. The Balaban J connectivity index is 2.42. The van der Waals surface area contributed by atoms with Gasteiger partial charge in [0.1, 0.15) is 5.76 Å². The normalized spacial score (nSPS) is 14.6. The quantitative estimate of drug-likeness (QED) is 0.402. The lowest BCUT2D eigenvalue weighted by molar-refractivity contribution is -0.377. The zero-order valence-corrected chi connectivity index (χ0v) is 11.9. The summed E-state index contributed by atoms with van der Waals surface area (Å²) in [5.74, 6) is -0.411. The largest absolute Gasteiger partial charge is 0.612 e. The fourth-order valence-corrected chi connectivity index (χ4v) is 1.95. The van der Waals surface area contributed by atoms with Crippen LogP contribution >= 0.6 is 0 Å². The highest BCUT2D eigenvalue weighted by Gasteiger charge is 2.12. The van der Waals surface area contributed by atoms with Gasteiger partial charge in [0.25, 0.3) is 0 Å². The van der Waals surface area contributed by atoms with Crippen LogP contribution in [0, 0.1) is 10.4 Å². The SMILES string of the molecule is CC(=O)C(C=C1C=CC(=[N+]([O-])[O-])C=C1)=C(O)c1ccccc1. The first-order chi connectivity index (χ1) is 10.5. The Morgan fingerprint density at radius 3 is 2.18 bits per heavy atom. The van der Waals surface area contributed by atoms with Gasteiger partial charge in [-0.25, -0.2) is 0 Å². The van der Waals surface area contributed by atoms with Gasteiger partial charge in [0.05, 0.1) is 5.57 Å². The van der Waals surface area contributed by atoms with Crippen LogP contribution < -0.4 is 0 Å². The number of allylic oxidation sites excluding steroid dienone is 7. The summed E-state index contributed by atoms with van der Waals surface area (Å²) in [6.07, 6.45) is 7.26. The molecule has 0 fully saturated rings. The van der Waals surface area contributed by atoms with Gasteiger partial charge in [-0.15, -0.1) is 0 Å². The Hall–Kier alpha value is -3.08. The van der Waals surface area contributed by atoms with Crippen LogP contribution in [0.3, 0.4) is 0 Å². The van der Waals surface area contributed by atoms with Crippen LogP contribution in [0.2, 0.25) is 0 Å². The molecular formula is C17H14NO4-. The summed E-state index contributed by atoms with van der Waals surface area (Å²) < 4.78 is 0. The number of hydrogen-bond acceptors (Lipinski definition) is 4. The van der Waals surface area contributed by atoms with Crippen molar-refractivity contribution in [1.82, 2.24) is 0 Å². The van der Waals surface area contributed by atoms with Crippen LogP contribution in [-0.2, 0) is 4.79 Å². The smallest absolute Gasteiger partial charge is 0.222 e. The molecule has 1 aromatic rings. The first-order valence-corrected chi connectivity index (χ1v) is 6.58. The zero-order chi connectivity index (χ0) is 16.1. The van der Waals surface area contributed by atoms with Crippen molar-refractivity contribution in [3.63, 3.8) is 0 Å². The van der Waals surface area contributed by atoms with Crippen LogP contribution in [0.1, 0.15) is 12.5 Å². The van der Waals surface area contributed by atoms with E-state index in [4.69, 9.17) is 0 Å². The standard InChI is InChI=1S/C17H14NO4/c1-12(19)16(17(20)14-5-3-2-4-6-14)11-13-7-9-15(10-8-13)18(21)22/h2-11H,1H3,(H-,19,20,21,22)/q-1. The van der Waals surface area contributed by atoms with E-state index in [0.29, 0.717) is 11.1 Å². The van der Waals surface area contributed by atoms with Crippen molar-refractivity contribution in [2.24, 2.45) is 0 Å². The minimum atomic E-state index is -0.493. The van der Waals surface area contributed by atoms with E-state index in [9.17, 15) is 20.3 Å². The highest BCUT2D eigenvalue weighted by atomic mass is 16.8. The van der Waals surface area contributed by atoms with E-state index >= 15 is 0 Å². The summed E-state index contributed by atoms with van der Waals surface area (Å²) in [4.78, 5) is 11.3. The molecular weight excluding hydrogens is 282 g/mol. The number of ketones is 1. The highest BCUT2D eigenvalue weighted by Crippen LogP contribution is 2.20. The summed E-state index contributed by atoms with van der Waals surface area (Å²) in [5.41, 5.74) is 1.25. The molecule has 0 heterocycles. The first-order valence-electron chi connectivity index (χ1n) is 6.58. The van der Waals surface area contributed by atoms with Gasteiger partial charge >= 0.3 is 0 Å². The molecule has 0 atom stereocenters. The second kappa shape index (κ2) is 6.58. The molecule has 0 saturated heterocycles. The van der Waals surface area contributed by atoms with E-state index in [1.165, 1.54) is 37.3 Å². The van der Waals surface area contributed by atoms with Gasteiger partial charge in [0.15, 0.2) is 5.78 Å². The Labute approximate surface area is 127 Å². The van der Waals surface area contributed by atoms with Crippen molar-refractivity contribution < 1.29 is 14.8 Å². The highest BCUT2D eigenvalue weighted by molar-refractivity contribution is 6.04. The average molecular weight is 296 g/mol. The molecule has 0 amide bonds. The van der Waals surface area contributed by atoms with Gasteiger partial charge in [-0.1, -0.05) is 30.3 Å². The second-order valence-corrected chi connectivity index (χ2v) is 4.68. The van der Waals surface area contributed by atoms with Crippen molar-refractivity contribution in [2.45, 2.75) is 6.92 Å². The van der Waals surface area contributed by atoms with Crippen molar-refractivity contribution in [1.29, 1.82) is 0 Å². The van der Waals surface area contributed by atoms with Crippen LogP contribution in [-0.4, -0.2) is 21.5 Å². The van der Waals surface area contributed by atoms with Gasteiger partial charge in [-0.2, -0.15) is 4.90 Å². The molecule has 5 heteroatoms. The Kier molecular flexibility index (Phi) is 4.58. The molecule has 112 valence electrons. The molecule has 1 N–H and O–H groups in total. The molecule has 0 saturated carbocycles. The van der Waals surface area contributed by atoms with E-state index in [1.807, 2.05) is 6.07 Å². The molecule has 1 aliphatic carbocycles. The molecule has 5 nitrogen and oxygen atoms in total. The zero-order valence-electron chi connectivity index (χ0n) is 11.9. The fourth-order valence-electron chi connectivity index (χ4n) is 1.95. The summed E-state index contributed by atoms with van der Waals surface area (Å²) in [5, 5.41) is 31.5. The summed E-state index contributed by atoms with van der Waals surface area (Å²) in [6, 6.07) is 8.72. The first kappa shape index (κ1) is 15.3. The van der Waals surface area contributed by atoms with Gasteiger partial charge in [-0.05, 0) is 30.7 Å². The average Bonchev–Trinajstić information content (AvgIpc) is 2.53. The maximum absolute atomic E-state index is 11.8. The number of aliphatic hydroxyl groups is 1. The summed E-state index contributed by atoms with van der Waals surface area (Å²) in [6.45, 7) is 1.36. The lowest BCUT2D eigenvalue weighted by Crippen LogP contribution is -2.06. The van der Waals surface area contributed by atoms with Gasteiger partial charge in [0.2, 0.25) is 5.71 Å². The van der Waals surface area contributed by atoms with Crippen LogP contribution in [0.4, 0.5) is 0 Å². The Morgan fingerprint density at radius 2 is 1.68 bits per heavy atom. The number of Topliss-reactive ketones (excluding diaryl/α,β-unsaturated/α-hetero) is 1. The number of carbonyl (C=O) groups excluding carboxylic acids is 1. The number of aliphatic hydroxyl groups excluding tert-OH is 1. The molecule has 0 aliphatic heterocycles. The Bertz CT molecular complexity index is 715. The van der Waals surface area contributed by atoms with Crippen LogP contribution in [0.25, 0.3) is 5.76 Å². The van der Waals surface area contributed by atoms with Crippen LogP contribution in [0.15, 0.2) is 71.9 Å². The van der Waals surface area contributed by atoms with Gasteiger partial charge in [-0.3, -0.25) is 4.79 Å². The predicted molar refractivity (Wildman–Crippen MR) is 85.0 cm³/mol. The maximum atomic E-state index is 11.8. The fraction of sp³-hybridized carbons (Fsp3) is 0.0588. The number of hydrogen-bond donors (Lipinski definition) is 1. The van der Waals surface area contributed by atoms with E-state index in [0.717, 1.165) is 0 Å². The van der Waals surface area contributed by atoms with Crippen molar-refractivity contribution >= 4 is 17.3 Å². The maximum Gasteiger partial charge on any atom is 0.222 e. The van der Waals surface area contributed by atoms with Gasteiger partial charge < -0.3 is 15.5 Å². The van der Waals surface area contributed by atoms with Crippen LogP contribution in [0.5, 0.6) is 0 Å². The Morgan fingerprint density at radius 1 is 1.09 bits per heavy atom. The molecule has 0 unspecified atom stereocenters. The number of nitrogens with zero attached hydrogens (tertiary/aromatic N) is 1. The predicted octanol–water partition coefficient (Wildman–Crippen LogP) is 3.05. The minimum absolute atomic E-state index is 0.0298. The van der Waals surface area contributed by atoms with Crippen molar-refractivity contribution in [2.75, 3.05) is 0 Å². The van der Waals surface area contributed by atoms with Crippen molar-refractivity contribution in [3.05, 3.63) is 87.8 Å². The molecule has 22 heavy (non-hydrogen) atoms. The van der Waals surface area contributed by atoms with E-state index in [2.05, 4.69) is 0 Å². The number of carbonyl (C=O) groups is 1. The third-order valence-electron chi connectivity index (χ3n) is 3.10. The number of benzene rings is 1. The molecule has 1 aliphatic rings.